The highest BCUT2D eigenvalue weighted by molar-refractivity contribution is 5.85. The predicted molar refractivity (Wildman–Crippen MR) is 61.3 cm³/mol. The number of phenolic OH excluding ortho intramolecular Hbond substituents is 1. The molecule has 2 aromatic rings. The van der Waals surface area contributed by atoms with Crippen molar-refractivity contribution in [3.05, 3.63) is 41.2 Å². The molecule has 2 rings (SSSR count). The molecule has 0 aliphatic carbocycles. The van der Waals surface area contributed by atoms with Crippen LogP contribution in [0.1, 0.15) is 16.9 Å². The Labute approximate surface area is 93.2 Å². The monoisotopic (exact) mass is 216 g/mol. The van der Waals surface area contributed by atoms with E-state index < -0.39 is 0 Å². The molecular weight excluding hydrogens is 204 g/mol. The Morgan fingerprint density at radius 3 is 2.81 bits per heavy atom. The molecule has 4 heteroatoms. The quantitative estimate of drug-likeness (QED) is 0.785. The second-order valence-electron chi connectivity index (χ2n) is 3.62. The third-order valence-electron chi connectivity index (χ3n) is 2.13. The predicted octanol–water partition coefficient (Wildman–Crippen LogP) is 2.75. The number of aliphatic imine (C=N–C) groups is 1. The molecule has 0 atom stereocenters. The van der Waals surface area contributed by atoms with Crippen LogP contribution in [-0.2, 0) is 0 Å². The van der Waals surface area contributed by atoms with E-state index in [9.17, 15) is 5.11 Å². The molecule has 1 aromatic carbocycles. The van der Waals surface area contributed by atoms with Crippen LogP contribution in [0.25, 0.3) is 0 Å². The number of aryl methyl sites for hydroxylation is 2. The van der Waals surface area contributed by atoms with Crippen molar-refractivity contribution >= 4 is 12.0 Å². The van der Waals surface area contributed by atoms with Gasteiger partial charge in [-0.1, -0.05) is 16.8 Å². The van der Waals surface area contributed by atoms with Crippen LogP contribution in [0.5, 0.6) is 5.75 Å². The second-order valence-corrected chi connectivity index (χ2v) is 3.62. The average Bonchev–Trinajstić information content (AvgIpc) is 2.66. The summed E-state index contributed by atoms with van der Waals surface area (Å²) in [5, 5.41) is 13.3. The van der Waals surface area contributed by atoms with Crippen LogP contribution < -0.4 is 0 Å². The fraction of sp³-hybridized carbons (Fsp3) is 0.167. The topological polar surface area (TPSA) is 58.6 Å². The van der Waals surface area contributed by atoms with Crippen LogP contribution in [0, 0.1) is 13.8 Å². The summed E-state index contributed by atoms with van der Waals surface area (Å²) in [6.07, 6.45) is 1.57. The van der Waals surface area contributed by atoms with Crippen molar-refractivity contribution in [2.24, 2.45) is 4.99 Å². The first-order valence-electron chi connectivity index (χ1n) is 4.92. The average molecular weight is 216 g/mol. The number of hydrogen-bond donors (Lipinski definition) is 1. The maximum atomic E-state index is 9.58. The zero-order valence-corrected chi connectivity index (χ0v) is 9.14. The zero-order valence-electron chi connectivity index (χ0n) is 9.14. The van der Waals surface area contributed by atoms with E-state index in [1.54, 1.807) is 25.3 Å². The molecule has 0 radical (unpaired) electrons. The molecule has 16 heavy (non-hydrogen) atoms. The molecule has 1 heterocycles. The first-order valence-corrected chi connectivity index (χ1v) is 4.92. The Bertz CT molecular complexity index is 530. The fourth-order valence-corrected chi connectivity index (χ4v) is 1.33. The van der Waals surface area contributed by atoms with Crippen LogP contribution in [0.4, 0.5) is 5.82 Å². The van der Waals surface area contributed by atoms with Gasteiger partial charge in [0.15, 0.2) is 5.82 Å². The molecular formula is C12H12N2O2. The van der Waals surface area contributed by atoms with Crippen molar-refractivity contribution in [2.45, 2.75) is 13.8 Å². The van der Waals surface area contributed by atoms with Gasteiger partial charge in [-0.25, -0.2) is 4.99 Å². The summed E-state index contributed by atoms with van der Waals surface area (Å²) in [4.78, 5) is 4.11. The van der Waals surface area contributed by atoms with E-state index in [0.717, 1.165) is 5.56 Å². The summed E-state index contributed by atoms with van der Waals surface area (Å²) in [5.41, 5.74) is 1.73. The van der Waals surface area contributed by atoms with Crippen LogP contribution in [0.15, 0.2) is 33.8 Å². The maximum Gasteiger partial charge on any atom is 0.195 e. The van der Waals surface area contributed by atoms with Gasteiger partial charge in [-0.3, -0.25) is 0 Å². The normalized spacial score (nSPS) is 11.1. The van der Waals surface area contributed by atoms with E-state index in [0.29, 0.717) is 17.1 Å². The van der Waals surface area contributed by atoms with Gasteiger partial charge in [0, 0.05) is 17.8 Å². The van der Waals surface area contributed by atoms with Crippen molar-refractivity contribution in [2.75, 3.05) is 0 Å². The number of hydrogen-bond acceptors (Lipinski definition) is 4. The summed E-state index contributed by atoms with van der Waals surface area (Å²) in [6.45, 7) is 3.76. The third-order valence-corrected chi connectivity index (χ3v) is 2.13. The molecule has 0 fully saturated rings. The molecule has 0 saturated heterocycles. The number of phenols is 1. The summed E-state index contributed by atoms with van der Waals surface area (Å²) in [7, 11) is 0. The van der Waals surface area contributed by atoms with Crippen molar-refractivity contribution in [1.82, 2.24) is 5.16 Å². The highest BCUT2D eigenvalue weighted by Gasteiger charge is 1.99. The molecule has 0 bridgehead atoms. The largest absolute Gasteiger partial charge is 0.507 e. The maximum absolute atomic E-state index is 9.58. The molecule has 1 N–H and O–H groups in total. The summed E-state index contributed by atoms with van der Waals surface area (Å²) >= 11 is 0. The molecule has 0 aliphatic heterocycles. The number of aromatic nitrogens is 1. The summed E-state index contributed by atoms with van der Waals surface area (Å²) < 4.78 is 4.88. The molecule has 0 amide bonds. The minimum atomic E-state index is 0.203. The van der Waals surface area contributed by atoms with Crippen molar-refractivity contribution in [3.8, 4) is 5.75 Å². The highest BCUT2D eigenvalue weighted by atomic mass is 16.5. The van der Waals surface area contributed by atoms with Gasteiger partial charge < -0.3 is 9.63 Å². The molecule has 0 spiro atoms. The first kappa shape index (κ1) is 10.4. The van der Waals surface area contributed by atoms with Gasteiger partial charge in [0.25, 0.3) is 0 Å². The standard InChI is InChI=1S/C12H12N2O2/c1-8-3-4-11(15)10(5-8)7-13-12-6-9(2)16-14-12/h3-7,15H,1-2H3. The highest BCUT2D eigenvalue weighted by Crippen LogP contribution is 2.17. The van der Waals surface area contributed by atoms with Gasteiger partial charge in [0.05, 0.1) is 0 Å². The number of nitrogens with zero attached hydrogens (tertiary/aromatic N) is 2. The molecule has 0 unspecified atom stereocenters. The van der Waals surface area contributed by atoms with E-state index in [1.165, 1.54) is 0 Å². The minimum Gasteiger partial charge on any atom is -0.507 e. The Balaban J connectivity index is 2.26. The lowest BCUT2D eigenvalue weighted by Crippen LogP contribution is -1.83. The van der Waals surface area contributed by atoms with Crippen molar-refractivity contribution < 1.29 is 9.63 Å². The van der Waals surface area contributed by atoms with Gasteiger partial charge in [-0.05, 0) is 26.0 Å². The van der Waals surface area contributed by atoms with E-state index >= 15 is 0 Å². The van der Waals surface area contributed by atoms with E-state index in [1.807, 2.05) is 19.1 Å². The van der Waals surface area contributed by atoms with Crippen LogP contribution >= 0.6 is 0 Å². The number of aromatic hydroxyl groups is 1. The lowest BCUT2D eigenvalue weighted by Gasteiger charge is -1.98. The smallest absolute Gasteiger partial charge is 0.195 e. The summed E-state index contributed by atoms with van der Waals surface area (Å²) in [5.74, 6) is 1.41. The minimum absolute atomic E-state index is 0.203. The summed E-state index contributed by atoms with van der Waals surface area (Å²) in [6, 6.07) is 7.06. The second kappa shape index (κ2) is 4.18. The molecule has 0 saturated carbocycles. The van der Waals surface area contributed by atoms with Gasteiger partial charge in [0.1, 0.15) is 11.5 Å². The van der Waals surface area contributed by atoms with Crippen LogP contribution in [0.2, 0.25) is 0 Å². The SMILES string of the molecule is Cc1ccc(O)c(C=Nc2cc(C)on2)c1. The number of benzene rings is 1. The third kappa shape index (κ3) is 2.28. The lowest BCUT2D eigenvalue weighted by atomic mass is 10.1. The van der Waals surface area contributed by atoms with E-state index in [4.69, 9.17) is 4.52 Å². The Hall–Kier alpha value is -2.10. The Morgan fingerprint density at radius 2 is 2.12 bits per heavy atom. The Kier molecular flexibility index (Phi) is 2.72. The van der Waals surface area contributed by atoms with Gasteiger partial charge in [-0.15, -0.1) is 0 Å². The molecule has 82 valence electrons. The zero-order chi connectivity index (χ0) is 11.5. The molecule has 0 aliphatic rings. The van der Waals surface area contributed by atoms with Crippen LogP contribution in [-0.4, -0.2) is 16.5 Å². The van der Waals surface area contributed by atoms with Gasteiger partial charge in [0.2, 0.25) is 0 Å². The van der Waals surface area contributed by atoms with Gasteiger partial charge >= 0.3 is 0 Å². The van der Waals surface area contributed by atoms with E-state index in [2.05, 4.69) is 10.1 Å². The lowest BCUT2D eigenvalue weighted by molar-refractivity contribution is 0.399. The Morgan fingerprint density at radius 1 is 1.31 bits per heavy atom. The van der Waals surface area contributed by atoms with Gasteiger partial charge in [-0.2, -0.15) is 0 Å². The molecule has 4 nitrogen and oxygen atoms in total. The number of rotatable bonds is 2. The van der Waals surface area contributed by atoms with Crippen LogP contribution in [0.3, 0.4) is 0 Å². The van der Waals surface area contributed by atoms with Crippen molar-refractivity contribution in [1.29, 1.82) is 0 Å². The van der Waals surface area contributed by atoms with E-state index in [-0.39, 0.29) is 5.75 Å². The molecule has 1 aromatic heterocycles. The fourth-order valence-electron chi connectivity index (χ4n) is 1.33. The first-order chi connectivity index (χ1) is 7.65. The van der Waals surface area contributed by atoms with Crippen molar-refractivity contribution in [3.63, 3.8) is 0 Å².